The standard InChI is InChI=1S/C13H19ClN2/c1-2-10-8-11(9-12(14)13(10)15)16-6-4-3-5-7-16/h8-9H,2-7,15H2,1H3. The summed E-state index contributed by atoms with van der Waals surface area (Å²) >= 11 is 6.17. The second kappa shape index (κ2) is 4.96. The van der Waals surface area contributed by atoms with Crippen molar-refractivity contribution in [1.29, 1.82) is 0 Å². The molecular weight excluding hydrogens is 220 g/mol. The van der Waals surface area contributed by atoms with Crippen LogP contribution < -0.4 is 10.6 Å². The summed E-state index contributed by atoms with van der Waals surface area (Å²) in [6, 6.07) is 4.19. The number of anilines is 2. The number of nitrogens with two attached hydrogens (primary N) is 1. The van der Waals surface area contributed by atoms with Gasteiger partial charge in [-0.1, -0.05) is 18.5 Å². The van der Waals surface area contributed by atoms with Crippen LogP contribution in [0.25, 0.3) is 0 Å². The Hall–Kier alpha value is -0.890. The first-order chi connectivity index (χ1) is 7.72. The highest BCUT2D eigenvalue weighted by atomic mass is 35.5. The zero-order valence-electron chi connectivity index (χ0n) is 9.80. The van der Waals surface area contributed by atoms with Crippen molar-refractivity contribution < 1.29 is 0 Å². The fraction of sp³-hybridized carbons (Fsp3) is 0.538. The predicted octanol–water partition coefficient (Wildman–Crippen LogP) is 3.47. The molecule has 0 spiro atoms. The second-order valence-corrected chi connectivity index (χ2v) is 4.81. The van der Waals surface area contributed by atoms with Gasteiger partial charge in [0.25, 0.3) is 0 Å². The summed E-state index contributed by atoms with van der Waals surface area (Å²) in [4.78, 5) is 2.41. The number of benzene rings is 1. The van der Waals surface area contributed by atoms with Gasteiger partial charge in [0.1, 0.15) is 0 Å². The van der Waals surface area contributed by atoms with E-state index >= 15 is 0 Å². The molecule has 1 heterocycles. The zero-order valence-corrected chi connectivity index (χ0v) is 10.6. The average molecular weight is 239 g/mol. The minimum atomic E-state index is 0.694. The van der Waals surface area contributed by atoms with Crippen LogP contribution >= 0.6 is 11.6 Å². The van der Waals surface area contributed by atoms with Gasteiger partial charge in [0.05, 0.1) is 10.7 Å². The lowest BCUT2D eigenvalue weighted by Gasteiger charge is -2.29. The van der Waals surface area contributed by atoms with Crippen LogP contribution in [-0.2, 0) is 6.42 Å². The highest BCUT2D eigenvalue weighted by Crippen LogP contribution is 2.31. The number of halogens is 1. The van der Waals surface area contributed by atoms with Crippen molar-refractivity contribution in [1.82, 2.24) is 0 Å². The Morgan fingerprint density at radius 1 is 1.25 bits per heavy atom. The van der Waals surface area contributed by atoms with E-state index in [4.69, 9.17) is 17.3 Å². The third-order valence-electron chi connectivity index (χ3n) is 3.30. The maximum Gasteiger partial charge on any atom is 0.0658 e. The average Bonchev–Trinajstić information content (AvgIpc) is 2.33. The van der Waals surface area contributed by atoms with Crippen LogP contribution in [0.4, 0.5) is 11.4 Å². The lowest BCUT2D eigenvalue weighted by molar-refractivity contribution is 0.578. The van der Waals surface area contributed by atoms with E-state index in [1.807, 2.05) is 6.07 Å². The first-order valence-electron chi connectivity index (χ1n) is 6.05. The Labute approximate surface area is 102 Å². The number of rotatable bonds is 2. The van der Waals surface area contributed by atoms with Gasteiger partial charge in [-0.2, -0.15) is 0 Å². The van der Waals surface area contributed by atoms with Gasteiger partial charge in [-0.3, -0.25) is 0 Å². The molecule has 3 heteroatoms. The summed E-state index contributed by atoms with van der Waals surface area (Å²) < 4.78 is 0. The van der Waals surface area contributed by atoms with Crippen molar-refractivity contribution in [3.05, 3.63) is 22.7 Å². The van der Waals surface area contributed by atoms with E-state index in [9.17, 15) is 0 Å². The van der Waals surface area contributed by atoms with Crippen LogP contribution in [0.1, 0.15) is 31.7 Å². The van der Waals surface area contributed by atoms with E-state index in [0.29, 0.717) is 5.02 Å². The molecule has 1 aromatic carbocycles. The van der Waals surface area contributed by atoms with Gasteiger partial charge in [0, 0.05) is 18.8 Å². The van der Waals surface area contributed by atoms with E-state index in [1.165, 1.54) is 24.9 Å². The lowest BCUT2D eigenvalue weighted by Crippen LogP contribution is -2.29. The molecule has 16 heavy (non-hydrogen) atoms. The Kier molecular flexibility index (Phi) is 3.59. The van der Waals surface area contributed by atoms with Gasteiger partial charge in [-0.15, -0.1) is 0 Å². The molecular formula is C13H19ClN2. The molecule has 0 bridgehead atoms. The van der Waals surface area contributed by atoms with Crippen molar-refractivity contribution in [2.45, 2.75) is 32.6 Å². The van der Waals surface area contributed by atoms with Crippen molar-refractivity contribution >= 4 is 23.0 Å². The van der Waals surface area contributed by atoms with Gasteiger partial charge >= 0.3 is 0 Å². The number of nitrogen functional groups attached to an aromatic ring is 1. The topological polar surface area (TPSA) is 29.3 Å². The first kappa shape index (κ1) is 11.6. The molecule has 88 valence electrons. The molecule has 1 aliphatic heterocycles. The molecule has 1 saturated heterocycles. The van der Waals surface area contributed by atoms with E-state index in [2.05, 4.69) is 17.9 Å². The molecule has 2 N–H and O–H groups in total. The summed E-state index contributed by atoms with van der Waals surface area (Å²) in [5.74, 6) is 0. The SMILES string of the molecule is CCc1cc(N2CCCCC2)cc(Cl)c1N. The van der Waals surface area contributed by atoms with Crippen molar-refractivity contribution in [3.63, 3.8) is 0 Å². The van der Waals surface area contributed by atoms with Gasteiger partial charge in [0.2, 0.25) is 0 Å². The van der Waals surface area contributed by atoms with Gasteiger partial charge < -0.3 is 10.6 Å². The molecule has 2 nitrogen and oxygen atoms in total. The molecule has 1 fully saturated rings. The van der Waals surface area contributed by atoms with Crippen molar-refractivity contribution in [3.8, 4) is 0 Å². The molecule has 0 saturated carbocycles. The molecule has 0 amide bonds. The largest absolute Gasteiger partial charge is 0.397 e. The van der Waals surface area contributed by atoms with Crippen molar-refractivity contribution in [2.75, 3.05) is 23.7 Å². The number of nitrogens with zero attached hydrogens (tertiary/aromatic N) is 1. The van der Waals surface area contributed by atoms with E-state index in [1.54, 1.807) is 0 Å². The molecule has 0 aromatic heterocycles. The molecule has 0 radical (unpaired) electrons. The number of hydrogen-bond donors (Lipinski definition) is 1. The zero-order chi connectivity index (χ0) is 11.5. The highest BCUT2D eigenvalue weighted by Gasteiger charge is 2.13. The minimum Gasteiger partial charge on any atom is -0.397 e. The molecule has 0 unspecified atom stereocenters. The van der Waals surface area contributed by atoms with Crippen LogP contribution in [0.15, 0.2) is 12.1 Å². The highest BCUT2D eigenvalue weighted by molar-refractivity contribution is 6.33. The van der Waals surface area contributed by atoms with Crippen molar-refractivity contribution in [2.24, 2.45) is 0 Å². The van der Waals surface area contributed by atoms with Crippen LogP contribution in [0, 0.1) is 0 Å². The number of hydrogen-bond acceptors (Lipinski definition) is 2. The second-order valence-electron chi connectivity index (χ2n) is 4.40. The maximum absolute atomic E-state index is 6.17. The Balaban J connectivity index is 2.29. The van der Waals surface area contributed by atoms with Crippen LogP contribution in [0.5, 0.6) is 0 Å². The Morgan fingerprint density at radius 2 is 1.94 bits per heavy atom. The third-order valence-corrected chi connectivity index (χ3v) is 3.61. The molecule has 0 atom stereocenters. The van der Waals surface area contributed by atoms with E-state index in [0.717, 1.165) is 30.8 Å². The number of aryl methyl sites for hydroxylation is 1. The molecule has 0 aliphatic carbocycles. The first-order valence-corrected chi connectivity index (χ1v) is 6.43. The quantitative estimate of drug-likeness (QED) is 0.800. The Bertz CT molecular complexity index is 370. The Morgan fingerprint density at radius 3 is 2.56 bits per heavy atom. The summed E-state index contributed by atoms with van der Waals surface area (Å²) in [6.45, 7) is 4.40. The van der Waals surface area contributed by atoms with Crippen LogP contribution in [0.2, 0.25) is 5.02 Å². The van der Waals surface area contributed by atoms with Gasteiger partial charge in [-0.25, -0.2) is 0 Å². The van der Waals surface area contributed by atoms with Crippen LogP contribution in [-0.4, -0.2) is 13.1 Å². The molecule has 1 aromatic rings. The maximum atomic E-state index is 6.17. The smallest absolute Gasteiger partial charge is 0.0658 e. The minimum absolute atomic E-state index is 0.694. The van der Waals surface area contributed by atoms with E-state index in [-0.39, 0.29) is 0 Å². The van der Waals surface area contributed by atoms with Gasteiger partial charge in [0.15, 0.2) is 0 Å². The monoisotopic (exact) mass is 238 g/mol. The fourth-order valence-electron chi connectivity index (χ4n) is 2.29. The summed E-state index contributed by atoms with van der Waals surface area (Å²) in [5, 5.41) is 0.694. The molecule has 1 aliphatic rings. The normalized spacial score (nSPS) is 16.5. The molecule has 2 rings (SSSR count). The lowest BCUT2D eigenvalue weighted by atomic mass is 10.1. The summed E-state index contributed by atoms with van der Waals surface area (Å²) in [7, 11) is 0. The number of piperidine rings is 1. The fourth-order valence-corrected chi connectivity index (χ4v) is 2.52. The van der Waals surface area contributed by atoms with Crippen LogP contribution in [0.3, 0.4) is 0 Å². The summed E-state index contributed by atoms with van der Waals surface area (Å²) in [6.07, 6.45) is 4.85. The van der Waals surface area contributed by atoms with E-state index < -0.39 is 0 Å². The van der Waals surface area contributed by atoms with Gasteiger partial charge in [-0.05, 0) is 43.4 Å². The summed E-state index contributed by atoms with van der Waals surface area (Å²) in [5.41, 5.74) is 9.07. The third kappa shape index (κ3) is 2.27. The predicted molar refractivity (Wildman–Crippen MR) is 71.3 cm³/mol.